The lowest BCUT2D eigenvalue weighted by Crippen LogP contribution is -2.10. The highest BCUT2D eigenvalue weighted by Gasteiger charge is 2.06. The van der Waals surface area contributed by atoms with Crippen LogP contribution in [0.15, 0.2) is 30.3 Å². The van der Waals surface area contributed by atoms with Gasteiger partial charge < -0.3 is 5.73 Å². The maximum absolute atomic E-state index is 10.9. The molecule has 0 fully saturated rings. The largest absolute Gasteiger partial charge is 0.364 e. The van der Waals surface area contributed by atoms with Gasteiger partial charge in [-0.05, 0) is 13.0 Å². The number of carbonyl (C=O) groups excluding carboxylic acids is 1. The van der Waals surface area contributed by atoms with Gasteiger partial charge in [-0.25, -0.2) is 0 Å². The van der Waals surface area contributed by atoms with E-state index < -0.39 is 5.91 Å². The van der Waals surface area contributed by atoms with E-state index in [0.29, 0.717) is 5.69 Å². The zero-order valence-corrected chi connectivity index (χ0v) is 8.32. The second-order valence-corrected chi connectivity index (χ2v) is 3.40. The topological polar surface area (TPSA) is 71.8 Å². The molecule has 4 heteroatoms. The van der Waals surface area contributed by atoms with Gasteiger partial charge in [-0.15, -0.1) is 0 Å². The van der Waals surface area contributed by atoms with Crippen molar-refractivity contribution in [2.24, 2.45) is 5.73 Å². The van der Waals surface area contributed by atoms with Crippen LogP contribution in [-0.2, 0) is 0 Å². The van der Waals surface area contributed by atoms with Crippen LogP contribution >= 0.6 is 0 Å². The summed E-state index contributed by atoms with van der Waals surface area (Å²) in [4.78, 5) is 10.9. The summed E-state index contributed by atoms with van der Waals surface area (Å²) in [6.45, 7) is 2.02. The Bertz CT molecular complexity index is 485. The lowest BCUT2D eigenvalue weighted by atomic mass is 10.1. The number of nitrogens with two attached hydrogens (primary N) is 1. The Kier molecular flexibility index (Phi) is 2.25. The Balaban J connectivity index is 2.37. The second-order valence-electron chi connectivity index (χ2n) is 3.40. The molecule has 0 radical (unpaired) electrons. The molecule has 0 atom stereocenters. The number of nitrogens with one attached hydrogen (secondary N) is 1. The molecule has 0 unspecified atom stereocenters. The molecule has 0 aliphatic carbocycles. The number of aromatic nitrogens is 2. The van der Waals surface area contributed by atoms with Gasteiger partial charge in [0.05, 0.1) is 5.69 Å². The lowest BCUT2D eigenvalue weighted by Gasteiger charge is -1.95. The molecule has 4 nitrogen and oxygen atoms in total. The van der Waals surface area contributed by atoms with E-state index in [1.54, 1.807) is 6.07 Å². The van der Waals surface area contributed by atoms with E-state index in [-0.39, 0.29) is 0 Å². The molecule has 0 aliphatic heterocycles. The average molecular weight is 201 g/mol. The van der Waals surface area contributed by atoms with Crippen LogP contribution in [-0.4, -0.2) is 16.1 Å². The summed E-state index contributed by atoms with van der Waals surface area (Å²) in [6.07, 6.45) is 0. The van der Waals surface area contributed by atoms with E-state index in [1.165, 1.54) is 5.56 Å². The first-order valence-corrected chi connectivity index (χ1v) is 4.59. The summed E-state index contributed by atoms with van der Waals surface area (Å²) < 4.78 is 0. The normalized spacial score (nSPS) is 10.2. The molecule has 1 aromatic carbocycles. The summed E-state index contributed by atoms with van der Waals surface area (Å²) in [5, 5.41) is 6.61. The van der Waals surface area contributed by atoms with E-state index in [1.807, 2.05) is 31.2 Å². The highest BCUT2D eigenvalue weighted by atomic mass is 16.1. The summed E-state index contributed by atoms with van der Waals surface area (Å²) >= 11 is 0. The standard InChI is InChI=1S/C11H11N3O/c1-7-2-4-8(5-3-7)9-6-10(11(12)15)14-13-9/h2-6H,1H3,(H2,12,15)(H,13,14). The number of carbonyl (C=O) groups is 1. The fourth-order valence-electron chi connectivity index (χ4n) is 1.32. The van der Waals surface area contributed by atoms with Crippen molar-refractivity contribution in [2.45, 2.75) is 6.92 Å². The number of nitrogens with zero attached hydrogens (tertiary/aromatic N) is 1. The number of hydrogen-bond acceptors (Lipinski definition) is 2. The van der Waals surface area contributed by atoms with Crippen LogP contribution in [0.5, 0.6) is 0 Å². The maximum atomic E-state index is 10.9. The highest BCUT2D eigenvalue weighted by molar-refractivity contribution is 5.91. The zero-order valence-electron chi connectivity index (χ0n) is 8.32. The van der Waals surface area contributed by atoms with Crippen molar-refractivity contribution in [3.8, 4) is 11.3 Å². The number of hydrogen-bond donors (Lipinski definition) is 2. The lowest BCUT2D eigenvalue weighted by molar-refractivity contribution is 0.0995. The van der Waals surface area contributed by atoms with Crippen LogP contribution < -0.4 is 5.73 Å². The van der Waals surface area contributed by atoms with E-state index >= 15 is 0 Å². The first-order chi connectivity index (χ1) is 7.16. The molecular formula is C11H11N3O. The summed E-state index contributed by atoms with van der Waals surface area (Å²) in [7, 11) is 0. The molecule has 1 amide bonds. The van der Waals surface area contributed by atoms with Crippen molar-refractivity contribution in [1.29, 1.82) is 0 Å². The van der Waals surface area contributed by atoms with Gasteiger partial charge in [0.2, 0.25) is 0 Å². The molecule has 0 saturated heterocycles. The SMILES string of the molecule is Cc1ccc(-c2cc(C(N)=O)[nH]n2)cc1. The third-order valence-corrected chi connectivity index (χ3v) is 2.19. The Morgan fingerprint density at radius 2 is 2.00 bits per heavy atom. The van der Waals surface area contributed by atoms with Crippen LogP contribution in [0.3, 0.4) is 0 Å². The molecule has 0 bridgehead atoms. The van der Waals surface area contributed by atoms with Crippen LogP contribution in [0.25, 0.3) is 11.3 Å². The van der Waals surface area contributed by atoms with Gasteiger partial charge in [0.25, 0.3) is 5.91 Å². The maximum Gasteiger partial charge on any atom is 0.266 e. The number of rotatable bonds is 2. The van der Waals surface area contributed by atoms with Crippen molar-refractivity contribution in [3.05, 3.63) is 41.6 Å². The molecule has 3 N–H and O–H groups in total. The smallest absolute Gasteiger partial charge is 0.266 e. The van der Waals surface area contributed by atoms with Gasteiger partial charge in [0.1, 0.15) is 5.69 Å². The molecule has 2 rings (SSSR count). The first kappa shape index (κ1) is 9.45. The molecule has 0 spiro atoms. The van der Waals surface area contributed by atoms with Gasteiger partial charge in [-0.3, -0.25) is 9.89 Å². The molecule has 0 aliphatic rings. The van der Waals surface area contributed by atoms with Crippen molar-refractivity contribution in [1.82, 2.24) is 10.2 Å². The van der Waals surface area contributed by atoms with Gasteiger partial charge in [-0.1, -0.05) is 29.8 Å². The minimum atomic E-state index is -0.499. The van der Waals surface area contributed by atoms with E-state index in [0.717, 1.165) is 11.3 Å². The van der Waals surface area contributed by atoms with Gasteiger partial charge >= 0.3 is 0 Å². The quantitative estimate of drug-likeness (QED) is 0.772. The van der Waals surface area contributed by atoms with Crippen molar-refractivity contribution < 1.29 is 4.79 Å². The summed E-state index contributed by atoms with van der Waals surface area (Å²) in [5.74, 6) is -0.499. The number of amides is 1. The van der Waals surface area contributed by atoms with Crippen molar-refractivity contribution >= 4 is 5.91 Å². The number of aromatic amines is 1. The molecule has 1 aromatic heterocycles. The fourth-order valence-corrected chi connectivity index (χ4v) is 1.32. The van der Waals surface area contributed by atoms with Crippen LogP contribution in [0.2, 0.25) is 0 Å². The molecule has 76 valence electrons. The first-order valence-electron chi connectivity index (χ1n) is 4.59. The minimum Gasteiger partial charge on any atom is -0.364 e. The number of benzene rings is 1. The van der Waals surface area contributed by atoms with Crippen LogP contribution in [0.1, 0.15) is 16.1 Å². The monoisotopic (exact) mass is 201 g/mol. The van der Waals surface area contributed by atoms with Crippen LogP contribution in [0, 0.1) is 6.92 Å². The predicted octanol–water partition coefficient (Wildman–Crippen LogP) is 1.48. The molecule has 15 heavy (non-hydrogen) atoms. The molecule has 0 saturated carbocycles. The second kappa shape index (κ2) is 3.57. The highest BCUT2D eigenvalue weighted by Crippen LogP contribution is 2.17. The van der Waals surface area contributed by atoms with Crippen molar-refractivity contribution in [2.75, 3.05) is 0 Å². The number of primary amides is 1. The Labute approximate surface area is 87.1 Å². The molecular weight excluding hydrogens is 190 g/mol. The minimum absolute atomic E-state index is 0.325. The van der Waals surface area contributed by atoms with Gasteiger partial charge in [-0.2, -0.15) is 5.10 Å². The molecule has 1 heterocycles. The Hall–Kier alpha value is -2.10. The van der Waals surface area contributed by atoms with Gasteiger partial charge in [0, 0.05) is 5.56 Å². The number of H-pyrrole nitrogens is 1. The van der Waals surface area contributed by atoms with E-state index in [4.69, 9.17) is 5.73 Å². The van der Waals surface area contributed by atoms with E-state index in [9.17, 15) is 4.79 Å². The van der Waals surface area contributed by atoms with Gasteiger partial charge in [0.15, 0.2) is 0 Å². The third kappa shape index (κ3) is 1.88. The van der Waals surface area contributed by atoms with E-state index in [2.05, 4.69) is 10.2 Å². The average Bonchev–Trinajstić information content (AvgIpc) is 2.68. The number of aryl methyl sites for hydroxylation is 1. The Morgan fingerprint density at radius 3 is 2.53 bits per heavy atom. The Morgan fingerprint density at radius 1 is 1.33 bits per heavy atom. The zero-order chi connectivity index (χ0) is 10.8. The van der Waals surface area contributed by atoms with Crippen LogP contribution in [0.4, 0.5) is 0 Å². The fraction of sp³-hybridized carbons (Fsp3) is 0.0909. The summed E-state index contributed by atoms with van der Waals surface area (Å²) in [6, 6.07) is 9.54. The third-order valence-electron chi connectivity index (χ3n) is 2.19. The predicted molar refractivity (Wildman–Crippen MR) is 57.3 cm³/mol. The molecule has 2 aromatic rings. The van der Waals surface area contributed by atoms with Crippen molar-refractivity contribution in [3.63, 3.8) is 0 Å². The summed E-state index contributed by atoms with van der Waals surface area (Å²) in [5.41, 5.74) is 8.32.